The number of carbonyl (C=O) groups excluding carboxylic acids is 1. The monoisotopic (exact) mass is 291 g/mol. The van der Waals surface area contributed by atoms with Gasteiger partial charge in [0, 0.05) is 6.42 Å². The van der Waals surface area contributed by atoms with Crippen LogP contribution >= 0.6 is 0 Å². The first-order valence-corrected chi connectivity index (χ1v) is 7.18. The van der Waals surface area contributed by atoms with Crippen molar-refractivity contribution in [3.63, 3.8) is 0 Å². The smallest absolute Gasteiger partial charge is 0.337 e. The normalized spacial score (nSPS) is 20.2. The minimum Gasteiger partial charge on any atom is -0.479 e. The molecule has 0 radical (unpaired) electrons. The van der Waals surface area contributed by atoms with Gasteiger partial charge in [-0.2, -0.15) is 0 Å². The van der Waals surface area contributed by atoms with Gasteiger partial charge in [-0.3, -0.25) is 4.79 Å². The summed E-state index contributed by atoms with van der Waals surface area (Å²) in [5.74, 6) is -1.27. The summed E-state index contributed by atoms with van der Waals surface area (Å²) < 4.78 is 0. The van der Waals surface area contributed by atoms with E-state index in [1.54, 1.807) is 0 Å². The zero-order valence-corrected chi connectivity index (χ0v) is 12.1. The maximum absolute atomic E-state index is 11.9. The molecule has 3 N–H and O–H groups in total. The number of carboxylic acids is 1. The molecule has 5 heteroatoms. The zero-order valence-electron chi connectivity index (χ0n) is 12.1. The van der Waals surface area contributed by atoms with Gasteiger partial charge in [-0.25, -0.2) is 4.79 Å². The van der Waals surface area contributed by atoms with E-state index in [9.17, 15) is 14.7 Å². The number of amides is 1. The van der Waals surface area contributed by atoms with E-state index >= 15 is 0 Å². The van der Waals surface area contributed by atoms with Crippen molar-refractivity contribution in [1.82, 2.24) is 5.32 Å². The largest absolute Gasteiger partial charge is 0.479 e. The van der Waals surface area contributed by atoms with Crippen LogP contribution in [-0.2, 0) is 22.4 Å². The first-order valence-electron chi connectivity index (χ1n) is 7.18. The van der Waals surface area contributed by atoms with Gasteiger partial charge in [0.05, 0.1) is 6.54 Å². The molecule has 0 heterocycles. The number of aliphatic hydroxyl groups is 1. The Labute approximate surface area is 124 Å². The number of benzene rings is 1. The van der Waals surface area contributed by atoms with Crippen molar-refractivity contribution in [1.29, 1.82) is 0 Å². The number of carbonyl (C=O) groups is 2. The Morgan fingerprint density at radius 2 is 2.00 bits per heavy atom. The van der Waals surface area contributed by atoms with Crippen LogP contribution in [0.1, 0.15) is 30.9 Å². The van der Waals surface area contributed by atoms with Crippen molar-refractivity contribution in [2.24, 2.45) is 5.92 Å². The number of hydrogen-bond donors (Lipinski definition) is 3. The fraction of sp³-hybridized carbons (Fsp3) is 0.500. The van der Waals surface area contributed by atoms with Gasteiger partial charge in [0.2, 0.25) is 5.91 Å². The number of aryl methyl sites for hydroxylation is 1. The van der Waals surface area contributed by atoms with Crippen LogP contribution in [0.25, 0.3) is 0 Å². The van der Waals surface area contributed by atoms with Crippen LogP contribution in [0.3, 0.4) is 0 Å². The molecular weight excluding hydrogens is 270 g/mol. The van der Waals surface area contributed by atoms with Crippen LogP contribution in [0.4, 0.5) is 0 Å². The van der Waals surface area contributed by atoms with Gasteiger partial charge >= 0.3 is 5.97 Å². The summed E-state index contributed by atoms with van der Waals surface area (Å²) in [6.07, 6.45) is 3.17. The number of rotatable bonds is 5. The highest BCUT2D eigenvalue weighted by Gasteiger charge is 2.30. The van der Waals surface area contributed by atoms with Gasteiger partial charge < -0.3 is 15.5 Å². The van der Waals surface area contributed by atoms with E-state index in [1.165, 1.54) is 18.1 Å². The Hall–Kier alpha value is -1.88. The predicted molar refractivity (Wildman–Crippen MR) is 77.8 cm³/mol. The second-order valence-corrected chi connectivity index (χ2v) is 5.94. The van der Waals surface area contributed by atoms with E-state index in [-0.39, 0.29) is 18.4 Å². The highest BCUT2D eigenvalue weighted by molar-refractivity contribution is 5.80. The molecule has 0 fully saturated rings. The van der Waals surface area contributed by atoms with Gasteiger partial charge in [-0.15, -0.1) is 0 Å². The highest BCUT2D eigenvalue weighted by Crippen LogP contribution is 2.27. The highest BCUT2D eigenvalue weighted by atomic mass is 16.4. The molecule has 1 amide bonds. The van der Waals surface area contributed by atoms with Gasteiger partial charge in [0.25, 0.3) is 0 Å². The topological polar surface area (TPSA) is 86.6 Å². The zero-order chi connectivity index (χ0) is 15.5. The van der Waals surface area contributed by atoms with E-state index in [1.807, 2.05) is 12.1 Å². The fourth-order valence-corrected chi connectivity index (χ4v) is 2.63. The summed E-state index contributed by atoms with van der Waals surface area (Å²) in [6.45, 7) is 0.900. The van der Waals surface area contributed by atoms with Gasteiger partial charge in [0.1, 0.15) is 0 Å². The standard InChI is InChI=1S/C16H21NO4/c1-16(21,15(19)20)10-17-14(18)9-11-6-7-12-4-2-3-5-13(12)8-11/h2-5,11,21H,6-10H2,1H3,(H,17,18)(H,19,20). The van der Waals surface area contributed by atoms with E-state index in [0.717, 1.165) is 19.3 Å². The SMILES string of the molecule is CC(O)(CNC(=O)CC1CCc2ccccc2C1)C(=O)O. The van der Waals surface area contributed by atoms with E-state index in [0.29, 0.717) is 6.42 Å². The Bertz CT molecular complexity index is 539. The molecule has 2 rings (SSSR count). The predicted octanol–water partition coefficient (Wildman–Crippen LogP) is 1.13. The average Bonchev–Trinajstić information content (AvgIpc) is 2.45. The molecule has 0 bridgehead atoms. The summed E-state index contributed by atoms with van der Waals surface area (Å²) in [7, 11) is 0. The molecule has 0 spiro atoms. The third-order valence-corrected chi connectivity index (χ3v) is 4.01. The molecule has 1 aromatic rings. The van der Waals surface area contributed by atoms with Gasteiger partial charge in [-0.1, -0.05) is 24.3 Å². The second-order valence-electron chi connectivity index (χ2n) is 5.94. The quantitative estimate of drug-likeness (QED) is 0.759. The maximum Gasteiger partial charge on any atom is 0.337 e. The summed E-state index contributed by atoms with van der Waals surface area (Å²) in [4.78, 5) is 22.6. The number of carboxylic acid groups (broad SMARTS) is 1. The Morgan fingerprint density at radius 1 is 1.33 bits per heavy atom. The third kappa shape index (κ3) is 4.04. The van der Waals surface area contributed by atoms with Crippen molar-refractivity contribution >= 4 is 11.9 Å². The molecule has 1 aliphatic rings. The molecule has 0 saturated heterocycles. The lowest BCUT2D eigenvalue weighted by Gasteiger charge is -2.25. The maximum atomic E-state index is 11.9. The lowest BCUT2D eigenvalue weighted by molar-refractivity contribution is -0.156. The summed E-state index contributed by atoms with van der Waals surface area (Å²) in [5, 5.41) is 20.9. The average molecular weight is 291 g/mol. The molecule has 2 unspecified atom stereocenters. The van der Waals surface area contributed by atoms with E-state index < -0.39 is 11.6 Å². The minimum absolute atomic E-state index is 0.207. The van der Waals surface area contributed by atoms with Crippen LogP contribution in [0, 0.1) is 5.92 Å². The van der Waals surface area contributed by atoms with E-state index in [2.05, 4.69) is 17.4 Å². The van der Waals surface area contributed by atoms with Crippen molar-refractivity contribution in [2.45, 2.75) is 38.2 Å². The summed E-state index contributed by atoms with van der Waals surface area (Å²) in [5.41, 5.74) is 0.719. The van der Waals surface area contributed by atoms with Crippen LogP contribution in [-0.4, -0.2) is 34.2 Å². The number of fused-ring (bicyclic) bond motifs is 1. The molecule has 1 aromatic carbocycles. The molecule has 21 heavy (non-hydrogen) atoms. The van der Waals surface area contributed by atoms with Crippen molar-refractivity contribution in [3.8, 4) is 0 Å². The molecule has 0 aromatic heterocycles. The van der Waals surface area contributed by atoms with Crippen molar-refractivity contribution < 1.29 is 19.8 Å². The first kappa shape index (κ1) is 15.5. The number of aliphatic carboxylic acids is 1. The Morgan fingerprint density at radius 3 is 2.67 bits per heavy atom. The van der Waals surface area contributed by atoms with Gasteiger partial charge in [0.15, 0.2) is 5.60 Å². The first-order chi connectivity index (χ1) is 9.88. The van der Waals surface area contributed by atoms with Crippen LogP contribution < -0.4 is 5.32 Å². The summed E-state index contributed by atoms with van der Waals surface area (Å²) in [6, 6.07) is 8.25. The Kier molecular flexibility index (Phi) is 4.63. The van der Waals surface area contributed by atoms with Crippen LogP contribution in [0.5, 0.6) is 0 Å². The van der Waals surface area contributed by atoms with Crippen LogP contribution in [0.15, 0.2) is 24.3 Å². The Balaban J connectivity index is 1.83. The van der Waals surface area contributed by atoms with Gasteiger partial charge in [-0.05, 0) is 43.2 Å². The lowest BCUT2D eigenvalue weighted by atomic mass is 9.82. The van der Waals surface area contributed by atoms with Crippen molar-refractivity contribution in [3.05, 3.63) is 35.4 Å². The van der Waals surface area contributed by atoms with Crippen molar-refractivity contribution in [2.75, 3.05) is 6.54 Å². The fourth-order valence-electron chi connectivity index (χ4n) is 2.63. The van der Waals surface area contributed by atoms with E-state index in [4.69, 9.17) is 5.11 Å². The molecular formula is C16H21NO4. The lowest BCUT2D eigenvalue weighted by Crippen LogP contribution is -2.46. The molecule has 1 aliphatic carbocycles. The number of hydrogen-bond acceptors (Lipinski definition) is 3. The summed E-state index contributed by atoms with van der Waals surface area (Å²) >= 11 is 0. The number of nitrogens with one attached hydrogen (secondary N) is 1. The molecule has 114 valence electrons. The molecule has 5 nitrogen and oxygen atoms in total. The second kappa shape index (κ2) is 6.26. The molecule has 2 atom stereocenters. The third-order valence-electron chi connectivity index (χ3n) is 4.01. The molecule has 0 aliphatic heterocycles. The minimum atomic E-state index is -1.92. The van der Waals surface area contributed by atoms with Crippen LogP contribution in [0.2, 0.25) is 0 Å². The molecule has 0 saturated carbocycles.